The molecule has 0 aliphatic carbocycles. The number of ether oxygens (including phenoxy) is 1. The summed E-state index contributed by atoms with van der Waals surface area (Å²) in [5.74, 6) is 0.976. The van der Waals surface area contributed by atoms with Crippen LogP contribution in [-0.2, 0) is 6.54 Å². The minimum Gasteiger partial charge on any atom is -0.492 e. The molecule has 2 aromatic carbocycles. The molecule has 0 spiro atoms. The molecular weight excluding hydrogens is 266 g/mol. The first-order valence-electron chi connectivity index (χ1n) is 6.75. The second kappa shape index (κ2) is 7.91. The molecule has 110 valence electrons. The molecule has 0 aliphatic heterocycles. The van der Waals surface area contributed by atoms with Gasteiger partial charge in [-0.15, -0.1) is 0 Å². The number of hydrogen-bond acceptors (Lipinski definition) is 4. The lowest BCUT2D eigenvalue weighted by Crippen LogP contribution is -2.23. The van der Waals surface area contributed by atoms with Gasteiger partial charge in [0.15, 0.2) is 5.84 Å². The third-order valence-corrected chi connectivity index (χ3v) is 3.01. The molecule has 0 aliphatic rings. The Labute approximate surface area is 124 Å². The Morgan fingerprint density at radius 2 is 1.81 bits per heavy atom. The molecular formula is C16H19N3O2. The number of oxime groups is 1. The van der Waals surface area contributed by atoms with Crippen LogP contribution in [0.3, 0.4) is 0 Å². The Morgan fingerprint density at radius 1 is 1.10 bits per heavy atom. The van der Waals surface area contributed by atoms with Gasteiger partial charge < -0.3 is 21.0 Å². The average molecular weight is 285 g/mol. The lowest BCUT2D eigenvalue weighted by molar-refractivity contribution is 0.313. The van der Waals surface area contributed by atoms with E-state index in [0.717, 1.165) is 16.9 Å². The third kappa shape index (κ3) is 4.50. The first-order chi connectivity index (χ1) is 10.3. The highest BCUT2D eigenvalue weighted by molar-refractivity contribution is 5.98. The summed E-state index contributed by atoms with van der Waals surface area (Å²) in [6, 6.07) is 17.2. The van der Waals surface area contributed by atoms with E-state index in [2.05, 4.69) is 10.5 Å². The van der Waals surface area contributed by atoms with Crippen molar-refractivity contribution in [2.45, 2.75) is 6.54 Å². The van der Waals surface area contributed by atoms with E-state index in [-0.39, 0.29) is 5.84 Å². The zero-order valence-electron chi connectivity index (χ0n) is 11.7. The highest BCUT2D eigenvalue weighted by atomic mass is 16.5. The molecule has 21 heavy (non-hydrogen) atoms. The van der Waals surface area contributed by atoms with Crippen LogP contribution < -0.4 is 15.8 Å². The standard InChI is InChI=1S/C16H19N3O2/c17-16(19-20)15-9-5-4-6-13(15)12-18-10-11-21-14-7-2-1-3-8-14/h1-9,18,20H,10-12H2,(H2,17,19). The van der Waals surface area contributed by atoms with Gasteiger partial charge in [-0.3, -0.25) is 0 Å². The largest absolute Gasteiger partial charge is 0.492 e. The Hall–Kier alpha value is -2.53. The Kier molecular flexibility index (Phi) is 5.60. The molecule has 2 rings (SSSR count). The fourth-order valence-corrected chi connectivity index (χ4v) is 1.96. The number of para-hydroxylation sites is 1. The molecule has 0 bridgehead atoms. The number of nitrogens with one attached hydrogen (secondary N) is 1. The van der Waals surface area contributed by atoms with Crippen molar-refractivity contribution in [3.63, 3.8) is 0 Å². The van der Waals surface area contributed by atoms with E-state index in [9.17, 15) is 0 Å². The molecule has 0 radical (unpaired) electrons. The minimum absolute atomic E-state index is 0.118. The van der Waals surface area contributed by atoms with Crippen molar-refractivity contribution in [3.05, 3.63) is 65.7 Å². The first kappa shape index (κ1) is 14.9. The van der Waals surface area contributed by atoms with Gasteiger partial charge in [0.25, 0.3) is 0 Å². The van der Waals surface area contributed by atoms with Gasteiger partial charge in [0.05, 0.1) is 0 Å². The Balaban J connectivity index is 1.79. The zero-order valence-corrected chi connectivity index (χ0v) is 11.7. The molecule has 5 nitrogen and oxygen atoms in total. The van der Waals surface area contributed by atoms with Crippen LogP contribution in [0.1, 0.15) is 11.1 Å². The zero-order chi connectivity index (χ0) is 14.9. The number of rotatable bonds is 7. The van der Waals surface area contributed by atoms with E-state index in [1.54, 1.807) is 0 Å². The summed E-state index contributed by atoms with van der Waals surface area (Å²) in [7, 11) is 0. The van der Waals surface area contributed by atoms with E-state index < -0.39 is 0 Å². The van der Waals surface area contributed by atoms with Crippen LogP contribution in [0, 0.1) is 0 Å². The Bertz CT molecular complexity index is 585. The second-order valence-electron chi connectivity index (χ2n) is 4.48. The van der Waals surface area contributed by atoms with Gasteiger partial charge in [-0.2, -0.15) is 0 Å². The Morgan fingerprint density at radius 3 is 2.57 bits per heavy atom. The van der Waals surface area contributed by atoms with E-state index in [1.807, 2.05) is 54.6 Å². The van der Waals surface area contributed by atoms with E-state index in [0.29, 0.717) is 19.7 Å². The molecule has 0 saturated heterocycles. The van der Waals surface area contributed by atoms with Crippen LogP contribution in [0.2, 0.25) is 0 Å². The maximum atomic E-state index is 8.77. The predicted molar refractivity (Wildman–Crippen MR) is 82.6 cm³/mol. The molecule has 0 saturated carbocycles. The SMILES string of the molecule is NC(=NO)c1ccccc1CNCCOc1ccccc1. The van der Waals surface area contributed by atoms with Crippen LogP contribution in [0.5, 0.6) is 5.75 Å². The molecule has 5 heteroatoms. The highest BCUT2D eigenvalue weighted by Gasteiger charge is 2.05. The maximum Gasteiger partial charge on any atom is 0.170 e. The smallest absolute Gasteiger partial charge is 0.170 e. The van der Waals surface area contributed by atoms with Crippen molar-refractivity contribution < 1.29 is 9.94 Å². The van der Waals surface area contributed by atoms with Gasteiger partial charge in [0, 0.05) is 18.7 Å². The first-order valence-corrected chi connectivity index (χ1v) is 6.75. The third-order valence-electron chi connectivity index (χ3n) is 3.01. The predicted octanol–water partition coefficient (Wildman–Crippen LogP) is 1.95. The van der Waals surface area contributed by atoms with Crippen molar-refractivity contribution in [1.82, 2.24) is 5.32 Å². The van der Waals surface area contributed by atoms with Crippen molar-refractivity contribution in [2.75, 3.05) is 13.2 Å². The summed E-state index contributed by atoms with van der Waals surface area (Å²) in [4.78, 5) is 0. The summed E-state index contributed by atoms with van der Waals surface area (Å²) in [6.45, 7) is 1.92. The van der Waals surface area contributed by atoms with Crippen molar-refractivity contribution in [2.24, 2.45) is 10.9 Å². The summed E-state index contributed by atoms with van der Waals surface area (Å²) in [5, 5.41) is 15.1. The average Bonchev–Trinajstić information content (AvgIpc) is 2.55. The highest BCUT2D eigenvalue weighted by Crippen LogP contribution is 2.09. The molecule has 0 aromatic heterocycles. The van der Waals surface area contributed by atoms with Gasteiger partial charge in [-0.05, 0) is 17.7 Å². The molecule has 0 atom stereocenters. The summed E-state index contributed by atoms with van der Waals surface area (Å²) in [6.07, 6.45) is 0. The van der Waals surface area contributed by atoms with Gasteiger partial charge in [0.2, 0.25) is 0 Å². The van der Waals surface area contributed by atoms with Crippen LogP contribution in [-0.4, -0.2) is 24.2 Å². The van der Waals surface area contributed by atoms with Gasteiger partial charge in [-0.25, -0.2) is 0 Å². The summed E-state index contributed by atoms with van der Waals surface area (Å²) < 4.78 is 5.59. The van der Waals surface area contributed by atoms with Gasteiger partial charge in [-0.1, -0.05) is 47.6 Å². The van der Waals surface area contributed by atoms with Crippen molar-refractivity contribution in [1.29, 1.82) is 0 Å². The lowest BCUT2D eigenvalue weighted by atomic mass is 10.1. The van der Waals surface area contributed by atoms with E-state index in [1.165, 1.54) is 0 Å². The van der Waals surface area contributed by atoms with Crippen LogP contribution in [0.25, 0.3) is 0 Å². The monoisotopic (exact) mass is 285 g/mol. The summed E-state index contributed by atoms with van der Waals surface area (Å²) >= 11 is 0. The molecule has 0 heterocycles. The minimum atomic E-state index is 0.118. The number of nitrogens with two attached hydrogens (primary N) is 1. The van der Waals surface area contributed by atoms with E-state index in [4.69, 9.17) is 15.7 Å². The number of benzene rings is 2. The number of nitrogens with zero attached hydrogens (tertiary/aromatic N) is 1. The van der Waals surface area contributed by atoms with Crippen LogP contribution >= 0.6 is 0 Å². The fourth-order valence-electron chi connectivity index (χ4n) is 1.96. The van der Waals surface area contributed by atoms with Crippen molar-refractivity contribution >= 4 is 5.84 Å². The van der Waals surface area contributed by atoms with Gasteiger partial charge in [0.1, 0.15) is 12.4 Å². The lowest BCUT2D eigenvalue weighted by Gasteiger charge is -2.10. The fraction of sp³-hybridized carbons (Fsp3) is 0.188. The number of amidine groups is 1. The maximum absolute atomic E-state index is 8.77. The van der Waals surface area contributed by atoms with Crippen LogP contribution in [0.4, 0.5) is 0 Å². The number of hydrogen-bond donors (Lipinski definition) is 3. The van der Waals surface area contributed by atoms with E-state index >= 15 is 0 Å². The molecule has 0 amide bonds. The molecule has 2 aromatic rings. The quantitative estimate of drug-likeness (QED) is 0.239. The van der Waals surface area contributed by atoms with Crippen LogP contribution in [0.15, 0.2) is 59.8 Å². The van der Waals surface area contributed by atoms with Crippen molar-refractivity contribution in [3.8, 4) is 5.75 Å². The topological polar surface area (TPSA) is 79.9 Å². The molecule has 0 fully saturated rings. The normalized spacial score (nSPS) is 11.3. The summed E-state index contributed by atoms with van der Waals surface area (Å²) in [5.41, 5.74) is 7.36. The second-order valence-corrected chi connectivity index (χ2v) is 4.48. The molecule has 0 unspecified atom stereocenters. The van der Waals surface area contributed by atoms with Gasteiger partial charge >= 0.3 is 0 Å². The molecule has 4 N–H and O–H groups in total.